The Hall–Kier alpha value is -0.120. The zero-order valence-electron chi connectivity index (χ0n) is 12.2. The van der Waals surface area contributed by atoms with Gasteiger partial charge in [0.15, 0.2) is 0 Å². The van der Waals surface area contributed by atoms with Crippen molar-refractivity contribution in [2.24, 2.45) is 0 Å². The second-order valence-electron chi connectivity index (χ2n) is 7.34. The van der Waals surface area contributed by atoms with E-state index in [9.17, 15) is 0 Å². The molecular weight excluding hydrogens is 234 g/mol. The van der Waals surface area contributed by atoms with Crippen molar-refractivity contribution in [2.75, 3.05) is 32.7 Å². The van der Waals surface area contributed by atoms with Crippen LogP contribution in [0.2, 0.25) is 0 Å². The minimum Gasteiger partial charge on any atom is -0.309 e. The Bertz CT molecular complexity index is 324. The second kappa shape index (κ2) is 5.01. The molecule has 1 saturated carbocycles. The maximum absolute atomic E-state index is 3.86. The van der Waals surface area contributed by atoms with E-state index >= 15 is 0 Å². The SMILES string of the molecule is C1CCN2CCC(N3CCNC4(CCCC4)C3)C2C1. The number of piperazine rings is 1. The molecule has 3 heterocycles. The van der Waals surface area contributed by atoms with Gasteiger partial charge in [-0.3, -0.25) is 9.80 Å². The monoisotopic (exact) mass is 263 g/mol. The van der Waals surface area contributed by atoms with Crippen LogP contribution in [0.5, 0.6) is 0 Å². The molecule has 2 unspecified atom stereocenters. The van der Waals surface area contributed by atoms with Crippen molar-refractivity contribution in [2.45, 2.75) is 69.0 Å². The molecule has 0 amide bonds. The van der Waals surface area contributed by atoms with E-state index < -0.39 is 0 Å². The van der Waals surface area contributed by atoms with Crippen LogP contribution >= 0.6 is 0 Å². The average molecular weight is 263 g/mol. The summed E-state index contributed by atoms with van der Waals surface area (Å²) in [7, 11) is 0. The summed E-state index contributed by atoms with van der Waals surface area (Å²) in [6.45, 7) is 6.59. The van der Waals surface area contributed by atoms with E-state index in [1.54, 1.807) is 0 Å². The molecule has 1 spiro atoms. The first-order valence-electron chi connectivity index (χ1n) is 8.60. The van der Waals surface area contributed by atoms with Crippen LogP contribution in [-0.4, -0.2) is 60.1 Å². The number of rotatable bonds is 1. The van der Waals surface area contributed by atoms with E-state index in [1.807, 2.05) is 0 Å². The van der Waals surface area contributed by atoms with Crippen molar-refractivity contribution in [3.8, 4) is 0 Å². The standard InChI is InChI=1S/C16H29N3/c1-4-10-18-11-6-15(14(18)5-1)19-12-9-17-16(13-19)7-2-3-8-16/h14-15,17H,1-13H2. The Kier molecular flexibility index (Phi) is 3.33. The second-order valence-corrected chi connectivity index (χ2v) is 7.34. The fraction of sp³-hybridized carbons (Fsp3) is 1.00. The maximum Gasteiger partial charge on any atom is 0.0309 e. The largest absolute Gasteiger partial charge is 0.309 e. The Morgan fingerprint density at radius 3 is 2.53 bits per heavy atom. The van der Waals surface area contributed by atoms with Crippen LogP contribution in [0.4, 0.5) is 0 Å². The van der Waals surface area contributed by atoms with Crippen LogP contribution < -0.4 is 5.32 Å². The molecule has 0 radical (unpaired) electrons. The maximum atomic E-state index is 3.86. The molecule has 0 aromatic carbocycles. The normalized spacial score (nSPS) is 39.8. The van der Waals surface area contributed by atoms with Crippen LogP contribution in [0.15, 0.2) is 0 Å². The van der Waals surface area contributed by atoms with Gasteiger partial charge in [0, 0.05) is 43.8 Å². The van der Waals surface area contributed by atoms with Gasteiger partial charge in [0.25, 0.3) is 0 Å². The van der Waals surface area contributed by atoms with E-state index in [-0.39, 0.29) is 0 Å². The van der Waals surface area contributed by atoms with Crippen molar-refractivity contribution < 1.29 is 0 Å². The molecule has 3 heteroatoms. The predicted octanol–water partition coefficient (Wildman–Crippen LogP) is 1.83. The highest BCUT2D eigenvalue weighted by Gasteiger charge is 2.44. The van der Waals surface area contributed by atoms with Crippen LogP contribution in [0.25, 0.3) is 0 Å². The highest BCUT2D eigenvalue weighted by Crippen LogP contribution is 2.36. The molecule has 3 aliphatic heterocycles. The molecule has 4 rings (SSSR count). The van der Waals surface area contributed by atoms with Gasteiger partial charge < -0.3 is 5.32 Å². The molecule has 0 bridgehead atoms. The number of fused-ring (bicyclic) bond motifs is 1. The molecule has 3 nitrogen and oxygen atoms in total. The molecule has 0 aromatic heterocycles. The Balaban J connectivity index is 1.46. The topological polar surface area (TPSA) is 18.5 Å². The number of nitrogens with one attached hydrogen (secondary N) is 1. The predicted molar refractivity (Wildman–Crippen MR) is 78.4 cm³/mol. The van der Waals surface area contributed by atoms with Crippen molar-refractivity contribution in [3.63, 3.8) is 0 Å². The summed E-state index contributed by atoms with van der Waals surface area (Å²) < 4.78 is 0. The Labute approximate surface area is 117 Å². The summed E-state index contributed by atoms with van der Waals surface area (Å²) in [5.74, 6) is 0. The quantitative estimate of drug-likeness (QED) is 0.779. The Morgan fingerprint density at radius 2 is 1.63 bits per heavy atom. The molecule has 0 aromatic rings. The van der Waals surface area contributed by atoms with Gasteiger partial charge in [-0.1, -0.05) is 19.3 Å². The number of hydrogen-bond acceptors (Lipinski definition) is 3. The summed E-state index contributed by atoms with van der Waals surface area (Å²) in [5, 5.41) is 3.86. The summed E-state index contributed by atoms with van der Waals surface area (Å²) in [6, 6.07) is 1.77. The van der Waals surface area contributed by atoms with E-state index in [4.69, 9.17) is 0 Å². The summed E-state index contributed by atoms with van der Waals surface area (Å²) in [4.78, 5) is 5.66. The van der Waals surface area contributed by atoms with Crippen molar-refractivity contribution in [3.05, 3.63) is 0 Å². The van der Waals surface area contributed by atoms with Gasteiger partial charge in [0.1, 0.15) is 0 Å². The first-order chi connectivity index (χ1) is 9.36. The molecule has 4 fully saturated rings. The van der Waals surface area contributed by atoms with Gasteiger partial charge >= 0.3 is 0 Å². The zero-order valence-corrected chi connectivity index (χ0v) is 12.2. The zero-order chi connectivity index (χ0) is 12.7. The Morgan fingerprint density at radius 1 is 0.789 bits per heavy atom. The minimum absolute atomic E-state index is 0.500. The van der Waals surface area contributed by atoms with Gasteiger partial charge in [0.05, 0.1) is 0 Å². The van der Waals surface area contributed by atoms with Crippen molar-refractivity contribution in [1.82, 2.24) is 15.1 Å². The molecule has 4 aliphatic rings. The summed E-state index contributed by atoms with van der Waals surface area (Å²) in [5.41, 5.74) is 0.500. The third-order valence-electron chi connectivity index (χ3n) is 6.25. The number of hydrogen-bond donors (Lipinski definition) is 1. The van der Waals surface area contributed by atoms with Gasteiger partial charge in [-0.2, -0.15) is 0 Å². The number of nitrogens with zero attached hydrogens (tertiary/aromatic N) is 2. The lowest BCUT2D eigenvalue weighted by Crippen LogP contribution is -2.62. The minimum atomic E-state index is 0.500. The van der Waals surface area contributed by atoms with Crippen LogP contribution in [0.3, 0.4) is 0 Å². The highest BCUT2D eigenvalue weighted by atomic mass is 15.3. The van der Waals surface area contributed by atoms with Crippen molar-refractivity contribution >= 4 is 0 Å². The van der Waals surface area contributed by atoms with Crippen LogP contribution in [-0.2, 0) is 0 Å². The van der Waals surface area contributed by atoms with Crippen LogP contribution in [0, 0.1) is 0 Å². The molecule has 19 heavy (non-hydrogen) atoms. The van der Waals surface area contributed by atoms with Gasteiger partial charge in [-0.15, -0.1) is 0 Å². The van der Waals surface area contributed by atoms with E-state index in [2.05, 4.69) is 15.1 Å². The van der Waals surface area contributed by atoms with E-state index in [0.29, 0.717) is 5.54 Å². The fourth-order valence-corrected chi connectivity index (χ4v) is 5.30. The third-order valence-corrected chi connectivity index (χ3v) is 6.25. The first-order valence-corrected chi connectivity index (χ1v) is 8.60. The van der Waals surface area contributed by atoms with Crippen molar-refractivity contribution in [1.29, 1.82) is 0 Å². The lowest BCUT2D eigenvalue weighted by atomic mass is 9.91. The van der Waals surface area contributed by atoms with Gasteiger partial charge in [0.2, 0.25) is 0 Å². The molecule has 1 aliphatic carbocycles. The molecular formula is C16H29N3. The lowest BCUT2D eigenvalue weighted by molar-refractivity contribution is 0.0618. The van der Waals surface area contributed by atoms with E-state index in [1.165, 1.54) is 84.1 Å². The summed E-state index contributed by atoms with van der Waals surface area (Å²) >= 11 is 0. The highest BCUT2D eigenvalue weighted by molar-refractivity contribution is 5.03. The average Bonchev–Trinajstić information content (AvgIpc) is 3.06. The van der Waals surface area contributed by atoms with Crippen LogP contribution in [0.1, 0.15) is 51.4 Å². The molecule has 108 valence electrons. The van der Waals surface area contributed by atoms with Gasteiger partial charge in [-0.25, -0.2) is 0 Å². The van der Waals surface area contributed by atoms with E-state index in [0.717, 1.165) is 12.1 Å². The lowest BCUT2D eigenvalue weighted by Gasteiger charge is -2.46. The van der Waals surface area contributed by atoms with Gasteiger partial charge in [-0.05, 0) is 38.6 Å². The smallest absolute Gasteiger partial charge is 0.0309 e. The molecule has 2 atom stereocenters. The number of piperidine rings is 1. The fourth-order valence-electron chi connectivity index (χ4n) is 5.30. The molecule has 1 N–H and O–H groups in total. The molecule has 3 saturated heterocycles. The first kappa shape index (κ1) is 12.6. The third kappa shape index (κ3) is 2.24. The summed E-state index contributed by atoms with van der Waals surface area (Å²) in [6.07, 6.45) is 11.5.